The molecule has 0 amide bonds. The molecule has 1 unspecified atom stereocenters. The lowest BCUT2D eigenvalue weighted by atomic mass is 10.2. The molecule has 1 N–H and O–H groups in total. The summed E-state index contributed by atoms with van der Waals surface area (Å²) in [6.45, 7) is 1.83. The van der Waals surface area contributed by atoms with Crippen molar-refractivity contribution in [3.63, 3.8) is 0 Å². The van der Waals surface area contributed by atoms with E-state index < -0.39 is 12.0 Å². The van der Waals surface area contributed by atoms with Crippen LogP contribution in [0, 0.1) is 0 Å². The van der Waals surface area contributed by atoms with E-state index >= 15 is 0 Å². The van der Waals surface area contributed by atoms with Gasteiger partial charge in [-0.2, -0.15) is 5.10 Å². The molecule has 4 heteroatoms. The molecule has 1 heterocycles. The van der Waals surface area contributed by atoms with Gasteiger partial charge < -0.3 is 5.11 Å². The molecule has 1 atom stereocenters. The molecule has 1 rings (SSSR count). The maximum Gasteiger partial charge on any atom is 0.328 e. The molecule has 56 valence electrons. The van der Waals surface area contributed by atoms with Gasteiger partial charge in [-0.1, -0.05) is 0 Å². The van der Waals surface area contributed by atoms with Gasteiger partial charge >= 0.3 is 5.97 Å². The van der Waals surface area contributed by atoms with E-state index in [4.69, 9.17) is 5.11 Å². The zero-order chi connectivity index (χ0) is 7.72. The van der Waals surface area contributed by atoms with Gasteiger partial charge in [0.25, 0.3) is 0 Å². The first-order chi connectivity index (χ1) is 4.61. The third-order valence-corrected chi connectivity index (χ3v) is 1.55. The first-order valence-electron chi connectivity index (χ1n) is 3.11. The van der Waals surface area contributed by atoms with Gasteiger partial charge in [0.05, 0.1) is 0 Å². The second kappa shape index (κ2) is 2.28. The molecule has 1 aliphatic rings. The molecule has 0 aromatic heterocycles. The van der Waals surface area contributed by atoms with Crippen molar-refractivity contribution in [1.82, 2.24) is 5.01 Å². The summed E-state index contributed by atoms with van der Waals surface area (Å²) in [7, 11) is 1.68. The first-order valence-corrected chi connectivity index (χ1v) is 3.11. The normalized spacial score (nSPS) is 24.8. The van der Waals surface area contributed by atoms with Crippen molar-refractivity contribution < 1.29 is 9.90 Å². The van der Waals surface area contributed by atoms with Crippen molar-refractivity contribution in [2.75, 3.05) is 7.05 Å². The summed E-state index contributed by atoms with van der Waals surface area (Å²) in [6.07, 6.45) is 0.547. The second-order valence-electron chi connectivity index (χ2n) is 2.47. The lowest BCUT2D eigenvalue weighted by Crippen LogP contribution is -2.31. The zero-order valence-electron chi connectivity index (χ0n) is 6.03. The Morgan fingerprint density at radius 2 is 2.50 bits per heavy atom. The highest BCUT2D eigenvalue weighted by atomic mass is 16.4. The largest absolute Gasteiger partial charge is 0.480 e. The van der Waals surface area contributed by atoms with Gasteiger partial charge in [0.2, 0.25) is 0 Å². The highest BCUT2D eigenvalue weighted by Crippen LogP contribution is 2.12. The Morgan fingerprint density at radius 3 is 2.70 bits per heavy atom. The number of carboxylic acids is 1. The Bertz CT molecular complexity index is 188. The molecule has 0 saturated carbocycles. The van der Waals surface area contributed by atoms with Gasteiger partial charge in [-0.3, -0.25) is 5.01 Å². The minimum Gasteiger partial charge on any atom is -0.480 e. The molecule has 0 aliphatic carbocycles. The van der Waals surface area contributed by atoms with Crippen LogP contribution in [0.5, 0.6) is 0 Å². The quantitative estimate of drug-likeness (QED) is 0.567. The molecular weight excluding hydrogens is 132 g/mol. The summed E-state index contributed by atoms with van der Waals surface area (Å²) in [5.41, 5.74) is 0.884. The fourth-order valence-electron chi connectivity index (χ4n) is 1.04. The molecule has 0 aromatic rings. The van der Waals surface area contributed by atoms with E-state index in [1.54, 1.807) is 7.05 Å². The number of nitrogens with zero attached hydrogens (tertiary/aromatic N) is 2. The maximum absolute atomic E-state index is 10.4. The maximum atomic E-state index is 10.4. The highest BCUT2D eigenvalue weighted by Gasteiger charge is 2.27. The third-order valence-electron chi connectivity index (χ3n) is 1.55. The predicted octanol–water partition coefficient (Wildman–Crippen LogP) is 0.151. The van der Waals surface area contributed by atoms with Crippen molar-refractivity contribution >= 4 is 11.7 Å². The Kier molecular flexibility index (Phi) is 1.61. The number of carbonyl (C=O) groups is 1. The SMILES string of the molecule is CC1=NN(C)C(C(=O)O)C1. The van der Waals surface area contributed by atoms with E-state index in [9.17, 15) is 4.79 Å². The van der Waals surface area contributed by atoms with Gasteiger partial charge in [-0.15, -0.1) is 0 Å². The fourth-order valence-corrected chi connectivity index (χ4v) is 1.04. The lowest BCUT2D eigenvalue weighted by Gasteiger charge is -2.12. The van der Waals surface area contributed by atoms with Crippen LogP contribution in [0.15, 0.2) is 5.10 Å². The molecule has 0 saturated heterocycles. The Balaban J connectivity index is 2.63. The molecule has 0 radical (unpaired) electrons. The summed E-state index contributed by atoms with van der Waals surface area (Å²) < 4.78 is 0. The van der Waals surface area contributed by atoms with Gasteiger partial charge in [0, 0.05) is 19.2 Å². The molecule has 0 aromatic carbocycles. The molecule has 1 aliphatic heterocycles. The molecule has 4 nitrogen and oxygen atoms in total. The van der Waals surface area contributed by atoms with Crippen LogP contribution in [0.25, 0.3) is 0 Å². The second-order valence-corrected chi connectivity index (χ2v) is 2.47. The fraction of sp³-hybridized carbons (Fsp3) is 0.667. The highest BCUT2D eigenvalue weighted by molar-refractivity contribution is 5.89. The standard InChI is InChI=1S/C6H10N2O2/c1-4-3-5(6(9)10)8(2)7-4/h5H,3H2,1-2H3,(H,9,10). The topological polar surface area (TPSA) is 52.9 Å². The van der Waals surface area contributed by atoms with Crippen LogP contribution in [-0.2, 0) is 4.79 Å². The molecule has 0 fully saturated rings. The van der Waals surface area contributed by atoms with E-state index in [2.05, 4.69) is 5.10 Å². The predicted molar refractivity (Wildman–Crippen MR) is 36.9 cm³/mol. The van der Waals surface area contributed by atoms with Gasteiger partial charge in [0.1, 0.15) is 6.04 Å². The smallest absolute Gasteiger partial charge is 0.328 e. The number of carboxylic acid groups (broad SMARTS) is 1. The summed E-state index contributed by atoms with van der Waals surface area (Å²) in [5, 5.41) is 14.0. The van der Waals surface area contributed by atoms with E-state index in [0.717, 1.165) is 5.71 Å². The Morgan fingerprint density at radius 1 is 1.90 bits per heavy atom. The van der Waals surface area contributed by atoms with Gasteiger partial charge in [-0.25, -0.2) is 4.79 Å². The van der Waals surface area contributed by atoms with Crippen molar-refractivity contribution in [1.29, 1.82) is 0 Å². The number of hydrogen-bond acceptors (Lipinski definition) is 3. The summed E-state index contributed by atoms with van der Waals surface area (Å²) in [6, 6.07) is -0.444. The molecule has 0 bridgehead atoms. The van der Waals surface area contributed by atoms with Crippen LogP contribution in [0.3, 0.4) is 0 Å². The monoisotopic (exact) mass is 142 g/mol. The minimum absolute atomic E-state index is 0.444. The van der Waals surface area contributed by atoms with Crippen molar-refractivity contribution in [2.24, 2.45) is 5.10 Å². The summed E-state index contributed by atoms with van der Waals surface area (Å²) in [4.78, 5) is 10.4. The molecular formula is C6H10N2O2. The van der Waals surface area contributed by atoms with Crippen LogP contribution in [0.1, 0.15) is 13.3 Å². The lowest BCUT2D eigenvalue weighted by molar-refractivity contribution is -0.141. The Labute approximate surface area is 59.1 Å². The van der Waals surface area contributed by atoms with Crippen molar-refractivity contribution in [3.05, 3.63) is 0 Å². The van der Waals surface area contributed by atoms with E-state index in [-0.39, 0.29) is 0 Å². The van der Waals surface area contributed by atoms with Crippen molar-refractivity contribution in [3.8, 4) is 0 Å². The third kappa shape index (κ3) is 1.10. The van der Waals surface area contributed by atoms with E-state index in [1.165, 1.54) is 5.01 Å². The number of rotatable bonds is 1. The summed E-state index contributed by atoms with van der Waals surface area (Å²) in [5.74, 6) is -0.803. The number of hydrazone groups is 1. The van der Waals surface area contributed by atoms with Crippen LogP contribution < -0.4 is 0 Å². The average Bonchev–Trinajstić information content (AvgIpc) is 2.10. The average molecular weight is 142 g/mol. The molecule has 0 spiro atoms. The van der Waals surface area contributed by atoms with Crippen LogP contribution >= 0.6 is 0 Å². The Hall–Kier alpha value is -1.06. The van der Waals surface area contributed by atoms with Crippen molar-refractivity contribution in [2.45, 2.75) is 19.4 Å². The van der Waals surface area contributed by atoms with Crippen LogP contribution in [0.4, 0.5) is 0 Å². The van der Waals surface area contributed by atoms with Gasteiger partial charge in [0.15, 0.2) is 0 Å². The zero-order valence-corrected chi connectivity index (χ0v) is 6.03. The van der Waals surface area contributed by atoms with Crippen LogP contribution in [-0.4, -0.2) is 34.9 Å². The van der Waals surface area contributed by atoms with Crippen LogP contribution in [0.2, 0.25) is 0 Å². The first kappa shape index (κ1) is 7.05. The minimum atomic E-state index is -0.803. The summed E-state index contributed by atoms with van der Waals surface area (Å²) >= 11 is 0. The number of aliphatic carboxylic acids is 1. The van der Waals surface area contributed by atoms with E-state index in [0.29, 0.717) is 6.42 Å². The molecule has 10 heavy (non-hydrogen) atoms. The van der Waals surface area contributed by atoms with E-state index in [1.807, 2.05) is 6.92 Å². The number of hydrogen-bond donors (Lipinski definition) is 1. The van der Waals surface area contributed by atoms with Gasteiger partial charge in [-0.05, 0) is 6.92 Å². The number of likely N-dealkylation sites (N-methyl/N-ethyl adjacent to an activating group) is 1.